The first-order valence-corrected chi connectivity index (χ1v) is 10.2. The van der Waals surface area contributed by atoms with E-state index in [4.69, 9.17) is 0 Å². The van der Waals surface area contributed by atoms with Crippen molar-refractivity contribution in [1.82, 2.24) is 14.5 Å². The number of benzene rings is 2. The van der Waals surface area contributed by atoms with Gasteiger partial charge in [-0.3, -0.25) is 19.0 Å². The number of ketones is 1. The maximum Gasteiger partial charge on any atom is 0.261 e. The number of fused-ring (bicyclic) bond motifs is 1. The quantitative estimate of drug-likeness (QED) is 0.589. The molecular weight excluding hydrogens is 404 g/mol. The van der Waals surface area contributed by atoms with E-state index >= 15 is 0 Å². The van der Waals surface area contributed by atoms with E-state index in [0.29, 0.717) is 36.8 Å². The molecule has 1 aliphatic rings. The molecule has 2 aromatic carbocycles. The maximum absolute atomic E-state index is 13.9. The van der Waals surface area contributed by atoms with Crippen LogP contribution in [0.2, 0.25) is 0 Å². The third kappa shape index (κ3) is 4.38. The SMILES string of the molecule is O=C(c1cc(F)ccc1F)C1CCN(C(=O)CCn2cnc3ccccc3c2=O)CC1. The number of para-hydroxylation sites is 1. The predicted octanol–water partition coefficient (Wildman–Crippen LogP) is 3.19. The van der Waals surface area contributed by atoms with Gasteiger partial charge in [0, 0.05) is 32.0 Å². The van der Waals surface area contributed by atoms with Crippen LogP contribution in [0.15, 0.2) is 53.6 Å². The number of hydrogen-bond acceptors (Lipinski definition) is 4. The van der Waals surface area contributed by atoms with Crippen LogP contribution in [0.25, 0.3) is 10.9 Å². The maximum atomic E-state index is 13.9. The number of rotatable bonds is 5. The Bertz CT molecular complexity index is 1200. The summed E-state index contributed by atoms with van der Waals surface area (Å²) in [5.41, 5.74) is 0.171. The van der Waals surface area contributed by atoms with Gasteiger partial charge in [0.1, 0.15) is 11.6 Å². The van der Waals surface area contributed by atoms with E-state index in [9.17, 15) is 23.2 Å². The van der Waals surface area contributed by atoms with Gasteiger partial charge in [-0.15, -0.1) is 0 Å². The van der Waals surface area contributed by atoms with Crippen molar-refractivity contribution in [2.75, 3.05) is 13.1 Å². The fourth-order valence-electron chi connectivity index (χ4n) is 3.94. The van der Waals surface area contributed by atoms with E-state index in [1.807, 2.05) is 0 Å². The summed E-state index contributed by atoms with van der Waals surface area (Å²) < 4.78 is 28.7. The summed E-state index contributed by atoms with van der Waals surface area (Å²) >= 11 is 0. The van der Waals surface area contributed by atoms with Crippen LogP contribution in [-0.2, 0) is 11.3 Å². The monoisotopic (exact) mass is 425 g/mol. The number of aryl methyl sites for hydroxylation is 1. The minimum atomic E-state index is -0.737. The Hall–Kier alpha value is -3.42. The molecule has 1 amide bonds. The summed E-state index contributed by atoms with van der Waals surface area (Å²) in [5, 5.41) is 0.501. The Kier molecular flexibility index (Phi) is 5.88. The summed E-state index contributed by atoms with van der Waals surface area (Å²) in [7, 11) is 0. The molecule has 1 aliphatic heterocycles. The van der Waals surface area contributed by atoms with E-state index in [2.05, 4.69) is 4.98 Å². The molecule has 0 bridgehead atoms. The highest BCUT2D eigenvalue weighted by Gasteiger charge is 2.29. The zero-order valence-electron chi connectivity index (χ0n) is 16.8. The number of carbonyl (C=O) groups excluding carboxylic acids is 2. The third-order valence-corrected chi connectivity index (χ3v) is 5.71. The average molecular weight is 425 g/mol. The topological polar surface area (TPSA) is 72.3 Å². The number of aromatic nitrogens is 2. The number of hydrogen-bond donors (Lipinski definition) is 0. The molecule has 0 spiro atoms. The van der Waals surface area contributed by atoms with Crippen molar-refractivity contribution in [3.05, 3.63) is 76.3 Å². The van der Waals surface area contributed by atoms with Gasteiger partial charge < -0.3 is 4.90 Å². The van der Waals surface area contributed by atoms with E-state index < -0.39 is 23.3 Å². The van der Waals surface area contributed by atoms with E-state index in [1.165, 1.54) is 10.9 Å². The first-order valence-electron chi connectivity index (χ1n) is 10.2. The lowest BCUT2D eigenvalue weighted by Crippen LogP contribution is -2.41. The molecule has 0 saturated carbocycles. The zero-order valence-corrected chi connectivity index (χ0v) is 16.8. The third-order valence-electron chi connectivity index (χ3n) is 5.71. The molecule has 31 heavy (non-hydrogen) atoms. The van der Waals surface area contributed by atoms with Crippen molar-refractivity contribution < 1.29 is 18.4 Å². The van der Waals surface area contributed by atoms with Crippen LogP contribution >= 0.6 is 0 Å². The molecule has 160 valence electrons. The van der Waals surface area contributed by atoms with Crippen molar-refractivity contribution in [3.8, 4) is 0 Å². The van der Waals surface area contributed by atoms with Crippen LogP contribution in [-0.4, -0.2) is 39.2 Å². The lowest BCUT2D eigenvalue weighted by Gasteiger charge is -2.31. The Labute approximate surface area is 177 Å². The van der Waals surface area contributed by atoms with E-state index in [-0.39, 0.29) is 30.0 Å². The van der Waals surface area contributed by atoms with E-state index in [0.717, 1.165) is 18.2 Å². The lowest BCUT2D eigenvalue weighted by atomic mass is 9.88. The highest BCUT2D eigenvalue weighted by Crippen LogP contribution is 2.24. The van der Waals surface area contributed by atoms with Crippen LogP contribution in [0.4, 0.5) is 8.78 Å². The van der Waals surface area contributed by atoms with Crippen molar-refractivity contribution in [1.29, 1.82) is 0 Å². The molecule has 1 fully saturated rings. The molecule has 8 heteroatoms. The first kappa shape index (κ1) is 20.8. The van der Waals surface area contributed by atoms with Crippen molar-refractivity contribution in [3.63, 3.8) is 0 Å². The molecule has 0 atom stereocenters. The fourth-order valence-corrected chi connectivity index (χ4v) is 3.94. The van der Waals surface area contributed by atoms with Gasteiger partial charge in [-0.25, -0.2) is 13.8 Å². The molecule has 1 saturated heterocycles. The Balaban J connectivity index is 1.34. The number of nitrogens with zero attached hydrogens (tertiary/aromatic N) is 3. The molecule has 4 rings (SSSR count). The number of likely N-dealkylation sites (tertiary alicyclic amines) is 1. The van der Waals surface area contributed by atoms with Gasteiger partial charge in [0.2, 0.25) is 5.91 Å². The second kappa shape index (κ2) is 8.75. The molecule has 0 unspecified atom stereocenters. The van der Waals surface area contributed by atoms with Crippen molar-refractivity contribution in [2.24, 2.45) is 5.92 Å². The number of amides is 1. The summed E-state index contributed by atoms with van der Waals surface area (Å²) in [6.07, 6.45) is 2.35. The van der Waals surface area contributed by atoms with Gasteiger partial charge in [0.15, 0.2) is 5.78 Å². The Morgan fingerprint density at radius 1 is 1.06 bits per heavy atom. The number of carbonyl (C=O) groups is 2. The lowest BCUT2D eigenvalue weighted by molar-refractivity contribution is -0.132. The second-order valence-electron chi connectivity index (χ2n) is 7.65. The molecule has 3 aromatic rings. The van der Waals surface area contributed by atoms with Crippen LogP contribution < -0.4 is 5.56 Å². The smallest absolute Gasteiger partial charge is 0.261 e. The molecule has 0 aliphatic carbocycles. The standard InChI is InChI=1S/C23H21F2N3O3/c24-16-5-6-19(25)18(13-16)22(30)15-7-10-27(11-8-15)21(29)9-12-28-14-26-20-4-2-1-3-17(20)23(28)31/h1-6,13-15H,7-12H2. The zero-order chi connectivity index (χ0) is 22.0. The average Bonchev–Trinajstić information content (AvgIpc) is 2.80. The minimum absolute atomic E-state index is 0.122. The predicted molar refractivity (Wildman–Crippen MR) is 111 cm³/mol. The summed E-state index contributed by atoms with van der Waals surface area (Å²) in [4.78, 5) is 43.6. The Morgan fingerprint density at radius 2 is 1.81 bits per heavy atom. The number of Topliss-reactive ketones (excluding diaryl/α,β-unsaturated/α-hetero) is 1. The van der Waals surface area contributed by atoms with Gasteiger partial charge in [0.25, 0.3) is 5.56 Å². The van der Waals surface area contributed by atoms with Crippen LogP contribution in [0.3, 0.4) is 0 Å². The second-order valence-corrected chi connectivity index (χ2v) is 7.65. The largest absolute Gasteiger partial charge is 0.343 e. The summed E-state index contributed by atoms with van der Waals surface area (Å²) in [6.45, 7) is 0.928. The normalized spacial score (nSPS) is 14.7. The van der Waals surface area contributed by atoms with Crippen molar-refractivity contribution >= 4 is 22.6 Å². The van der Waals surface area contributed by atoms with Crippen LogP contribution in [0.5, 0.6) is 0 Å². The van der Waals surface area contributed by atoms with Gasteiger partial charge >= 0.3 is 0 Å². The van der Waals surface area contributed by atoms with Gasteiger partial charge in [-0.2, -0.15) is 0 Å². The summed E-state index contributed by atoms with van der Waals surface area (Å²) in [6, 6.07) is 9.88. The molecule has 6 nitrogen and oxygen atoms in total. The molecule has 1 aromatic heterocycles. The Morgan fingerprint density at radius 3 is 2.58 bits per heavy atom. The van der Waals surface area contributed by atoms with Crippen LogP contribution in [0, 0.1) is 17.6 Å². The fraction of sp³-hybridized carbons (Fsp3) is 0.304. The molecular formula is C23H21F2N3O3. The minimum Gasteiger partial charge on any atom is -0.343 e. The van der Waals surface area contributed by atoms with E-state index in [1.54, 1.807) is 29.2 Å². The molecule has 2 heterocycles. The first-order chi connectivity index (χ1) is 14.9. The van der Waals surface area contributed by atoms with Gasteiger partial charge in [-0.05, 0) is 43.2 Å². The molecule has 0 radical (unpaired) electrons. The number of halogens is 2. The molecule has 0 N–H and O–H groups in total. The van der Waals surface area contributed by atoms with Crippen LogP contribution in [0.1, 0.15) is 29.6 Å². The van der Waals surface area contributed by atoms with Crippen molar-refractivity contribution in [2.45, 2.75) is 25.8 Å². The summed E-state index contributed by atoms with van der Waals surface area (Å²) in [5.74, 6) is -2.40. The number of piperidine rings is 1. The highest BCUT2D eigenvalue weighted by atomic mass is 19.1. The highest BCUT2D eigenvalue weighted by molar-refractivity contribution is 5.98. The van der Waals surface area contributed by atoms with Gasteiger partial charge in [-0.1, -0.05) is 12.1 Å². The van der Waals surface area contributed by atoms with Gasteiger partial charge in [0.05, 0.1) is 22.8 Å².